The third kappa shape index (κ3) is 3.52. The number of aliphatic hydroxyl groups is 1. The summed E-state index contributed by atoms with van der Waals surface area (Å²) in [5.41, 5.74) is 2.70. The van der Waals surface area contributed by atoms with Gasteiger partial charge in [0, 0.05) is 30.0 Å². The fourth-order valence-electron chi connectivity index (χ4n) is 4.08. The van der Waals surface area contributed by atoms with Gasteiger partial charge in [-0.15, -0.1) is 11.3 Å². The van der Waals surface area contributed by atoms with Crippen LogP contribution in [0, 0.1) is 6.92 Å². The molecular formula is C23H26N2O4S. The number of carbonyl (C=O) groups is 2. The first-order valence-corrected chi connectivity index (χ1v) is 10.9. The SMILES string of the molecule is Cc1ccsc1C1/C(=C(/O)c2ccc3c(c2)CC(C)O3)C(=O)C(=O)N1CCN(C)C. The first kappa shape index (κ1) is 20.6. The van der Waals surface area contributed by atoms with Crippen LogP contribution in [0.25, 0.3) is 5.76 Å². The number of ketones is 1. The molecule has 6 nitrogen and oxygen atoms in total. The summed E-state index contributed by atoms with van der Waals surface area (Å²) in [4.78, 5) is 30.4. The zero-order valence-corrected chi connectivity index (χ0v) is 18.5. The van der Waals surface area contributed by atoms with Crippen LogP contribution in [0.1, 0.15) is 34.5 Å². The molecule has 30 heavy (non-hydrogen) atoms. The van der Waals surface area contributed by atoms with Crippen LogP contribution in [0.3, 0.4) is 0 Å². The number of Topliss-reactive ketones (excluding diaryl/α,β-unsaturated/α-hetero) is 1. The van der Waals surface area contributed by atoms with Gasteiger partial charge in [-0.2, -0.15) is 0 Å². The Morgan fingerprint density at radius 3 is 2.73 bits per heavy atom. The maximum Gasteiger partial charge on any atom is 0.295 e. The van der Waals surface area contributed by atoms with Crippen molar-refractivity contribution >= 4 is 28.8 Å². The second kappa shape index (κ2) is 7.89. The number of aliphatic hydroxyl groups excluding tert-OH is 1. The van der Waals surface area contributed by atoms with Crippen molar-refractivity contribution < 1.29 is 19.4 Å². The van der Waals surface area contributed by atoms with Gasteiger partial charge >= 0.3 is 0 Å². The molecule has 0 saturated carbocycles. The lowest BCUT2D eigenvalue weighted by molar-refractivity contribution is -0.140. The molecule has 0 spiro atoms. The number of thiophene rings is 1. The van der Waals surface area contributed by atoms with Crippen molar-refractivity contribution in [3.05, 3.63) is 56.8 Å². The second-order valence-corrected chi connectivity index (χ2v) is 9.17. The highest BCUT2D eigenvalue weighted by molar-refractivity contribution is 7.10. The minimum Gasteiger partial charge on any atom is -0.507 e. The lowest BCUT2D eigenvalue weighted by atomic mass is 9.97. The van der Waals surface area contributed by atoms with Crippen LogP contribution in [0.5, 0.6) is 5.75 Å². The van der Waals surface area contributed by atoms with Gasteiger partial charge in [0.05, 0.1) is 11.6 Å². The summed E-state index contributed by atoms with van der Waals surface area (Å²) in [5, 5.41) is 13.1. The average Bonchev–Trinajstić information content (AvgIpc) is 3.35. The Morgan fingerprint density at radius 2 is 2.07 bits per heavy atom. The number of likely N-dealkylation sites (tertiary alicyclic amines) is 1. The zero-order chi connectivity index (χ0) is 21.6. The molecule has 4 rings (SSSR count). The summed E-state index contributed by atoms with van der Waals surface area (Å²) in [6.07, 6.45) is 0.837. The molecule has 2 atom stereocenters. The molecule has 0 radical (unpaired) electrons. The molecule has 2 aromatic rings. The van der Waals surface area contributed by atoms with Gasteiger partial charge in [-0.25, -0.2) is 0 Å². The third-order valence-electron chi connectivity index (χ3n) is 5.65. The Hall–Kier alpha value is -2.64. The van der Waals surface area contributed by atoms with Gasteiger partial charge in [0.1, 0.15) is 17.6 Å². The average molecular weight is 427 g/mol. The van der Waals surface area contributed by atoms with Crippen LogP contribution >= 0.6 is 11.3 Å². The number of nitrogens with zero attached hydrogens (tertiary/aromatic N) is 2. The first-order chi connectivity index (χ1) is 14.3. The molecule has 1 amide bonds. The number of likely N-dealkylation sites (N-methyl/N-ethyl adjacent to an activating group) is 1. The van der Waals surface area contributed by atoms with E-state index in [0.717, 1.165) is 28.2 Å². The number of hydrogen-bond acceptors (Lipinski definition) is 6. The fraction of sp³-hybridized carbons (Fsp3) is 0.391. The van der Waals surface area contributed by atoms with Crippen molar-refractivity contribution in [1.82, 2.24) is 9.80 Å². The summed E-state index contributed by atoms with van der Waals surface area (Å²) >= 11 is 1.50. The smallest absolute Gasteiger partial charge is 0.295 e. The molecule has 1 aromatic heterocycles. The van der Waals surface area contributed by atoms with Crippen molar-refractivity contribution in [1.29, 1.82) is 0 Å². The Balaban J connectivity index is 1.81. The van der Waals surface area contributed by atoms with Gasteiger partial charge in [0.2, 0.25) is 0 Å². The number of rotatable bonds is 5. The van der Waals surface area contributed by atoms with E-state index in [1.165, 1.54) is 11.3 Å². The molecule has 1 fully saturated rings. The molecule has 2 aliphatic heterocycles. The van der Waals surface area contributed by atoms with E-state index in [9.17, 15) is 14.7 Å². The predicted octanol–water partition coefficient (Wildman–Crippen LogP) is 3.36. The van der Waals surface area contributed by atoms with Gasteiger partial charge in [0.25, 0.3) is 11.7 Å². The molecule has 3 heterocycles. The number of amides is 1. The molecule has 0 aliphatic carbocycles. The minimum absolute atomic E-state index is 0.0859. The number of hydrogen-bond donors (Lipinski definition) is 1. The number of ether oxygens (including phenoxy) is 1. The van der Waals surface area contributed by atoms with E-state index in [0.29, 0.717) is 18.7 Å². The minimum atomic E-state index is -0.630. The topological polar surface area (TPSA) is 70.1 Å². The van der Waals surface area contributed by atoms with Crippen LogP contribution < -0.4 is 4.74 Å². The van der Waals surface area contributed by atoms with Crippen molar-refractivity contribution in [2.24, 2.45) is 0 Å². The molecule has 1 saturated heterocycles. The zero-order valence-electron chi connectivity index (χ0n) is 17.6. The van der Waals surface area contributed by atoms with Crippen LogP contribution in [0.2, 0.25) is 0 Å². The Kier molecular flexibility index (Phi) is 5.42. The second-order valence-electron chi connectivity index (χ2n) is 8.22. The van der Waals surface area contributed by atoms with Crippen LogP contribution in [0.15, 0.2) is 35.2 Å². The Labute approximate surface area is 180 Å². The van der Waals surface area contributed by atoms with Gasteiger partial charge in [-0.3, -0.25) is 9.59 Å². The molecule has 1 N–H and O–H groups in total. The highest BCUT2D eigenvalue weighted by atomic mass is 32.1. The molecule has 2 aliphatic rings. The summed E-state index contributed by atoms with van der Waals surface area (Å²) in [5.74, 6) is -0.513. The summed E-state index contributed by atoms with van der Waals surface area (Å²) < 4.78 is 5.74. The van der Waals surface area contributed by atoms with Crippen molar-refractivity contribution in [3.63, 3.8) is 0 Å². The van der Waals surface area contributed by atoms with Crippen LogP contribution in [-0.2, 0) is 16.0 Å². The highest BCUT2D eigenvalue weighted by Gasteiger charge is 2.46. The summed E-state index contributed by atoms with van der Waals surface area (Å²) in [7, 11) is 3.85. The maximum atomic E-state index is 13.0. The number of fused-ring (bicyclic) bond motifs is 1. The molecule has 158 valence electrons. The van der Waals surface area contributed by atoms with Crippen molar-refractivity contribution in [2.75, 3.05) is 27.2 Å². The maximum absolute atomic E-state index is 13.0. The standard InChI is InChI=1S/C23H26N2O4S/c1-13-7-10-30-22(13)19-18(21(27)23(28)25(19)9-8-24(3)4)20(26)15-5-6-17-16(12-15)11-14(2)29-17/h5-7,10,12,14,19,26H,8-9,11H2,1-4H3/b20-18-. The van der Waals surface area contributed by atoms with Gasteiger partial charge in [-0.1, -0.05) is 0 Å². The summed E-state index contributed by atoms with van der Waals surface area (Å²) in [6.45, 7) is 5.00. The number of benzene rings is 1. The fourth-order valence-corrected chi connectivity index (χ4v) is 5.13. The van der Waals surface area contributed by atoms with E-state index in [1.807, 2.05) is 56.4 Å². The monoisotopic (exact) mass is 426 g/mol. The van der Waals surface area contributed by atoms with Crippen molar-refractivity contribution in [2.45, 2.75) is 32.4 Å². The molecule has 1 aromatic carbocycles. The normalized spacial score (nSPS) is 22.6. The van der Waals surface area contributed by atoms with Crippen LogP contribution in [0.4, 0.5) is 0 Å². The van der Waals surface area contributed by atoms with Gasteiger partial charge in [0.15, 0.2) is 0 Å². The van der Waals surface area contributed by atoms with Crippen LogP contribution in [-0.4, -0.2) is 59.9 Å². The third-order valence-corrected chi connectivity index (χ3v) is 6.72. The van der Waals surface area contributed by atoms with E-state index >= 15 is 0 Å². The molecule has 0 bridgehead atoms. The van der Waals surface area contributed by atoms with E-state index in [-0.39, 0.29) is 17.4 Å². The molecule has 7 heteroatoms. The largest absolute Gasteiger partial charge is 0.507 e. The Bertz CT molecular complexity index is 1040. The van der Waals surface area contributed by atoms with E-state index in [2.05, 4.69) is 0 Å². The van der Waals surface area contributed by atoms with Gasteiger partial charge < -0.3 is 19.6 Å². The number of carbonyl (C=O) groups excluding carboxylic acids is 2. The molecular weight excluding hydrogens is 400 g/mol. The highest BCUT2D eigenvalue weighted by Crippen LogP contribution is 2.43. The molecule has 2 unspecified atom stereocenters. The van der Waals surface area contributed by atoms with E-state index < -0.39 is 17.7 Å². The van der Waals surface area contributed by atoms with Gasteiger partial charge in [-0.05, 0) is 68.7 Å². The Morgan fingerprint density at radius 1 is 1.30 bits per heavy atom. The van der Waals surface area contributed by atoms with E-state index in [4.69, 9.17) is 4.74 Å². The number of aryl methyl sites for hydroxylation is 1. The lowest BCUT2D eigenvalue weighted by Crippen LogP contribution is -2.35. The first-order valence-electron chi connectivity index (χ1n) is 10.0. The predicted molar refractivity (Wildman–Crippen MR) is 117 cm³/mol. The lowest BCUT2D eigenvalue weighted by Gasteiger charge is -2.26. The quantitative estimate of drug-likeness (QED) is 0.451. The van der Waals surface area contributed by atoms with E-state index in [1.54, 1.807) is 11.0 Å². The summed E-state index contributed by atoms with van der Waals surface area (Å²) in [6, 6.07) is 6.83. The van der Waals surface area contributed by atoms with Crippen molar-refractivity contribution in [3.8, 4) is 5.75 Å².